The van der Waals surface area contributed by atoms with Gasteiger partial charge in [-0.3, -0.25) is 0 Å². The van der Waals surface area contributed by atoms with Crippen LogP contribution in [0.4, 0.5) is 5.69 Å². The van der Waals surface area contributed by atoms with E-state index in [1.54, 1.807) is 17.3 Å². The average molecular weight is 289 g/mol. The first-order valence-electron chi connectivity index (χ1n) is 6.15. The van der Waals surface area contributed by atoms with Crippen molar-refractivity contribution in [3.05, 3.63) is 59.5 Å². The van der Waals surface area contributed by atoms with Crippen LogP contribution in [0.15, 0.2) is 47.6 Å². The normalized spacial score (nSPS) is 10.7. The topological polar surface area (TPSA) is 55.9 Å². The minimum absolute atomic E-state index is 0.584. The number of halogens is 1. The maximum Gasteiger partial charge on any atom is 0.138 e. The molecule has 5 nitrogen and oxygen atoms in total. The Morgan fingerprint density at radius 2 is 2.25 bits per heavy atom. The van der Waals surface area contributed by atoms with E-state index in [0.29, 0.717) is 11.6 Å². The third-order valence-corrected chi connectivity index (χ3v) is 3.27. The summed E-state index contributed by atoms with van der Waals surface area (Å²) in [4.78, 5) is 3.96. The molecule has 0 unspecified atom stereocenters. The lowest BCUT2D eigenvalue weighted by atomic mass is 10.2. The number of nitrogens with zero attached hydrogens (tertiary/aromatic N) is 3. The Hall–Kier alpha value is -2.27. The van der Waals surface area contributed by atoms with Crippen molar-refractivity contribution in [1.29, 1.82) is 0 Å². The number of nitrogens with one attached hydrogen (secondary N) is 1. The summed E-state index contributed by atoms with van der Waals surface area (Å²) in [5, 5.41) is 8.12. The van der Waals surface area contributed by atoms with Gasteiger partial charge < -0.3 is 9.73 Å². The fraction of sp³-hybridized carbons (Fsp3) is 0.143. The van der Waals surface area contributed by atoms with Gasteiger partial charge in [0, 0.05) is 5.02 Å². The molecule has 0 saturated carbocycles. The second-order valence-electron chi connectivity index (χ2n) is 4.38. The van der Waals surface area contributed by atoms with E-state index in [-0.39, 0.29) is 0 Å². The van der Waals surface area contributed by atoms with Crippen molar-refractivity contribution in [2.75, 3.05) is 5.32 Å². The van der Waals surface area contributed by atoms with Crippen molar-refractivity contribution in [2.24, 2.45) is 0 Å². The van der Waals surface area contributed by atoms with Crippen LogP contribution in [0.3, 0.4) is 0 Å². The van der Waals surface area contributed by atoms with Crippen molar-refractivity contribution < 1.29 is 4.42 Å². The number of aryl methyl sites for hydroxylation is 1. The molecular weight excluding hydrogens is 276 g/mol. The zero-order valence-corrected chi connectivity index (χ0v) is 11.6. The van der Waals surface area contributed by atoms with Gasteiger partial charge in [0.15, 0.2) is 0 Å². The summed E-state index contributed by atoms with van der Waals surface area (Å²) in [7, 11) is 0. The second-order valence-corrected chi connectivity index (χ2v) is 4.82. The highest BCUT2D eigenvalue weighted by Crippen LogP contribution is 2.24. The maximum absolute atomic E-state index is 6.06. The average Bonchev–Trinajstić information content (AvgIpc) is 3.08. The highest BCUT2D eigenvalue weighted by molar-refractivity contribution is 6.31. The van der Waals surface area contributed by atoms with Gasteiger partial charge in [-0.05, 0) is 36.8 Å². The Morgan fingerprint density at radius 3 is 2.95 bits per heavy atom. The minimum atomic E-state index is 0.584. The molecule has 2 aromatic heterocycles. The first-order valence-corrected chi connectivity index (χ1v) is 6.53. The Labute approximate surface area is 121 Å². The number of benzene rings is 1. The van der Waals surface area contributed by atoms with E-state index in [1.165, 1.54) is 6.33 Å². The molecule has 102 valence electrons. The van der Waals surface area contributed by atoms with Crippen LogP contribution in [0, 0.1) is 6.92 Å². The predicted molar refractivity (Wildman–Crippen MR) is 77.1 cm³/mol. The second kappa shape index (κ2) is 5.38. The summed E-state index contributed by atoms with van der Waals surface area (Å²) in [6.45, 7) is 2.59. The quantitative estimate of drug-likeness (QED) is 0.799. The van der Waals surface area contributed by atoms with E-state index in [9.17, 15) is 0 Å². The van der Waals surface area contributed by atoms with Crippen LogP contribution < -0.4 is 5.32 Å². The van der Waals surface area contributed by atoms with Crippen molar-refractivity contribution >= 4 is 17.3 Å². The maximum atomic E-state index is 6.06. The summed E-state index contributed by atoms with van der Waals surface area (Å²) in [5.74, 6) is 0.898. The van der Waals surface area contributed by atoms with Gasteiger partial charge in [-0.2, -0.15) is 5.10 Å². The van der Waals surface area contributed by atoms with Gasteiger partial charge in [0.2, 0.25) is 0 Å². The molecule has 0 amide bonds. The van der Waals surface area contributed by atoms with Crippen LogP contribution in [0.5, 0.6) is 0 Å². The Balaban J connectivity index is 1.88. The smallest absolute Gasteiger partial charge is 0.138 e. The molecule has 0 aliphatic rings. The fourth-order valence-electron chi connectivity index (χ4n) is 1.94. The Kier molecular flexibility index (Phi) is 3.43. The molecule has 1 aromatic carbocycles. The molecule has 0 radical (unpaired) electrons. The Morgan fingerprint density at radius 1 is 1.35 bits per heavy atom. The van der Waals surface area contributed by atoms with Crippen molar-refractivity contribution in [1.82, 2.24) is 14.8 Å². The predicted octanol–water partition coefficient (Wildman–Crippen LogP) is 3.43. The Bertz CT molecular complexity index is 706. The van der Waals surface area contributed by atoms with Gasteiger partial charge in [-0.25, -0.2) is 9.67 Å². The summed E-state index contributed by atoms with van der Waals surface area (Å²) < 4.78 is 7.10. The highest BCUT2D eigenvalue weighted by Gasteiger charge is 2.08. The lowest BCUT2D eigenvalue weighted by molar-refractivity contribution is 0.515. The molecule has 0 bridgehead atoms. The van der Waals surface area contributed by atoms with Gasteiger partial charge >= 0.3 is 0 Å². The molecule has 0 aliphatic carbocycles. The lowest BCUT2D eigenvalue weighted by Crippen LogP contribution is -2.05. The van der Waals surface area contributed by atoms with E-state index in [0.717, 1.165) is 22.7 Å². The summed E-state index contributed by atoms with van der Waals surface area (Å²) in [6, 6.07) is 7.51. The molecular formula is C14H13ClN4O. The van der Waals surface area contributed by atoms with Gasteiger partial charge in [0.1, 0.15) is 18.4 Å². The summed E-state index contributed by atoms with van der Waals surface area (Å²) in [5.41, 5.74) is 2.87. The number of anilines is 1. The molecule has 6 heteroatoms. The summed E-state index contributed by atoms with van der Waals surface area (Å²) in [6.07, 6.45) is 4.82. The van der Waals surface area contributed by atoms with Crippen LogP contribution in [-0.2, 0) is 6.54 Å². The largest absolute Gasteiger partial charge is 0.467 e. The number of rotatable bonds is 4. The summed E-state index contributed by atoms with van der Waals surface area (Å²) >= 11 is 6.06. The molecule has 0 fully saturated rings. The SMILES string of the molecule is Cc1ccoc1CNc1cc(Cl)ccc1-n1cncn1. The number of hydrogen-bond acceptors (Lipinski definition) is 4. The van der Waals surface area contributed by atoms with Gasteiger partial charge in [-0.15, -0.1) is 0 Å². The number of furan rings is 1. The van der Waals surface area contributed by atoms with Crippen molar-refractivity contribution in [3.8, 4) is 5.69 Å². The molecule has 0 aliphatic heterocycles. The molecule has 0 atom stereocenters. The highest BCUT2D eigenvalue weighted by atomic mass is 35.5. The zero-order chi connectivity index (χ0) is 13.9. The van der Waals surface area contributed by atoms with Crippen LogP contribution >= 0.6 is 11.6 Å². The number of aromatic nitrogens is 3. The van der Waals surface area contributed by atoms with Gasteiger partial charge in [0.05, 0.1) is 24.2 Å². The van der Waals surface area contributed by atoms with Crippen LogP contribution in [0.2, 0.25) is 5.02 Å². The van der Waals surface area contributed by atoms with Crippen LogP contribution in [0.1, 0.15) is 11.3 Å². The minimum Gasteiger partial charge on any atom is -0.467 e. The van der Waals surface area contributed by atoms with Crippen LogP contribution in [-0.4, -0.2) is 14.8 Å². The van der Waals surface area contributed by atoms with Crippen molar-refractivity contribution in [3.63, 3.8) is 0 Å². The monoisotopic (exact) mass is 288 g/mol. The molecule has 3 rings (SSSR count). The number of hydrogen-bond donors (Lipinski definition) is 1. The van der Waals surface area contributed by atoms with Gasteiger partial charge in [0.25, 0.3) is 0 Å². The lowest BCUT2D eigenvalue weighted by Gasteiger charge is -2.11. The molecule has 0 saturated heterocycles. The molecule has 20 heavy (non-hydrogen) atoms. The van der Waals surface area contributed by atoms with Gasteiger partial charge in [-0.1, -0.05) is 11.6 Å². The fourth-order valence-corrected chi connectivity index (χ4v) is 2.12. The van der Waals surface area contributed by atoms with E-state index in [1.807, 2.05) is 31.2 Å². The first kappa shape index (κ1) is 12.7. The van der Waals surface area contributed by atoms with E-state index in [2.05, 4.69) is 15.4 Å². The molecule has 3 aromatic rings. The molecule has 1 N–H and O–H groups in total. The first-order chi connectivity index (χ1) is 9.74. The van der Waals surface area contributed by atoms with E-state index < -0.39 is 0 Å². The van der Waals surface area contributed by atoms with Crippen molar-refractivity contribution in [2.45, 2.75) is 13.5 Å². The van der Waals surface area contributed by atoms with Crippen LogP contribution in [0.25, 0.3) is 5.69 Å². The third kappa shape index (κ3) is 2.53. The van der Waals surface area contributed by atoms with E-state index in [4.69, 9.17) is 16.0 Å². The van der Waals surface area contributed by atoms with E-state index >= 15 is 0 Å². The standard InChI is InChI=1S/C14H13ClN4O/c1-10-4-5-20-14(10)7-17-12-6-11(15)2-3-13(12)19-9-16-8-18-19/h2-6,8-9,17H,7H2,1H3. The third-order valence-electron chi connectivity index (χ3n) is 3.03. The zero-order valence-electron chi connectivity index (χ0n) is 10.9. The molecule has 0 spiro atoms. The molecule has 2 heterocycles.